The van der Waals surface area contributed by atoms with E-state index in [-0.39, 0.29) is 0 Å². The summed E-state index contributed by atoms with van der Waals surface area (Å²) in [5, 5.41) is 0. The van der Waals surface area contributed by atoms with E-state index in [0.717, 1.165) is 45.1 Å². The zero-order valence-corrected chi connectivity index (χ0v) is 11.3. The highest BCUT2D eigenvalue weighted by Gasteiger charge is 2.19. The smallest absolute Gasteiger partial charge is 0.0702 e. The van der Waals surface area contributed by atoms with Gasteiger partial charge in [0.05, 0.1) is 19.3 Å². The molecule has 0 N–H and O–H groups in total. The minimum Gasteiger partial charge on any atom is -0.379 e. The molecule has 1 atom stereocenters. The highest BCUT2D eigenvalue weighted by Crippen LogP contribution is 2.13. The zero-order chi connectivity index (χ0) is 11.6. The van der Waals surface area contributed by atoms with Crippen LogP contribution in [0.4, 0.5) is 0 Å². The Morgan fingerprint density at radius 3 is 2.94 bits per heavy atom. The maximum atomic E-state index is 5.80. The van der Waals surface area contributed by atoms with Crippen molar-refractivity contribution in [1.82, 2.24) is 4.90 Å². The molecule has 0 aromatic carbocycles. The van der Waals surface area contributed by atoms with Crippen LogP contribution < -0.4 is 0 Å². The fraction of sp³-hybridized carbons (Fsp3) is 1.00. The molecule has 0 saturated carbocycles. The predicted octanol–water partition coefficient (Wildman–Crippen LogP) is 1.82. The standard InChI is InChI=1S/C12H25NO2S/c1-2-7-15-12-4-3-5-13(11-12)6-8-14-9-10-16/h12,16H,2-11H2,1H3. The lowest BCUT2D eigenvalue weighted by molar-refractivity contribution is -0.00716. The van der Waals surface area contributed by atoms with Crippen LogP contribution in [0, 0.1) is 0 Å². The van der Waals surface area contributed by atoms with Crippen molar-refractivity contribution >= 4 is 12.6 Å². The van der Waals surface area contributed by atoms with Crippen molar-refractivity contribution in [3.63, 3.8) is 0 Å². The molecular weight excluding hydrogens is 222 g/mol. The van der Waals surface area contributed by atoms with Gasteiger partial charge in [-0.2, -0.15) is 12.6 Å². The molecule has 0 aromatic rings. The van der Waals surface area contributed by atoms with Gasteiger partial charge in [-0.05, 0) is 25.8 Å². The zero-order valence-electron chi connectivity index (χ0n) is 10.4. The fourth-order valence-corrected chi connectivity index (χ4v) is 2.13. The van der Waals surface area contributed by atoms with E-state index < -0.39 is 0 Å². The summed E-state index contributed by atoms with van der Waals surface area (Å²) in [6.45, 7) is 7.93. The fourth-order valence-electron chi connectivity index (χ4n) is 2.00. The molecule has 0 radical (unpaired) electrons. The first-order chi connectivity index (χ1) is 7.86. The summed E-state index contributed by atoms with van der Waals surface area (Å²) in [7, 11) is 0. The SMILES string of the molecule is CCCOC1CCCN(CCOCCS)C1. The molecule has 96 valence electrons. The van der Waals surface area contributed by atoms with Crippen molar-refractivity contribution in [2.24, 2.45) is 0 Å². The first-order valence-electron chi connectivity index (χ1n) is 6.39. The molecule has 3 nitrogen and oxygen atoms in total. The third-order valence-electron chi connectivity index (χ3n) is 2.81. The van der Waals surface area contributed by atoms with E-state index in [1.807, 2.05) is 0 Å². The molecule has 1 fully saturated rings. The lowest BCUT2D eigenvalue weighted by Gasteiger charge is -2.32. The van der Waals surface area contributed by atoms with E-state index in [1.165, 1.54) is 19.4 Å². The van der Waals surface area contributed by atoms with E-state index in [2.05, 4.69) is 24.5 Å². The Morgan fingerprint density at radius 1 is 1.31 bits per heavy atom. The number of ether oxygens (including phenoxy) is 2. The van der Waals surface area contributed by atoms with Crippen molar-refractivity contribution in [2.45, 2.75) is 32.3 Å². The molecule has 1 unspecified atom stereocenters. The summed E-state index contributed by atoms with van der Waals surface area (Å²) in [5.74, 6) is 0.808. The van der Waals surface area contributed by atoms with Crippen LogP contribution in [0.3, 0.4) is 0 Å². The molecule has 1 heterocycles. The van der Waals surface area contributed by atoms with Crippen molar-refractivity contribution in [3.05, 3.63) is 0 Å². The molecule has 0 aromatic heterocycles. The number of hydrogen-bond acceptors (Lipinski definition) is 4. The van der Waals surface area contributed by atoms with Gasteiger partial charge >= 0.3 is 0 Å². The minimum absolute atomic E-state index is 0.443. The number of hydrogen-bond donors (Lipinski definition) is 1. The highest BCUT2D eigenvalue weighted by molar-refractivity contribution is 7.80. The molecule has 0 aliphatic carbocycles. The summed E-state index contributed by atoms with van der Waals surface area (Å²) in [6, 6.07) is 0. The van der Waals surface area contributed by atoms with E-state index in [0.29, 0.717) is 6.10 Å². The Bertz CT molecular complexity index is 169. The topological polar surface area (TPSA) is 21.7 Å². The molecule has 1 saturated heterocycles. The van der Waals surface area contributed by atoms with Gasteiger partial charge in [0.1, 0.15) is 0 Å². The second kappa shape index (κ2) is 9.28. The molecular formula is C12H25NO2S. The average molecular weight is 247 g/mol. The second-order valence-corrected chi connectivity index (χ2v) is 4.72. The maximum Gasteiger partial charge on any atom is 0.0702 e. The summed E-state index contributed by atoms with van der Waals surface area (Å²) in [6.07, 6.45) is 4.02. The first-order valence-corrected chi connectivity index (χ1v) is 7.02. The molecule has 1 aliphatic rings. The van der Waals surface area contributed by atoms with E-state index in [4.69, 9.17) is 9.47 Å². The van der Waals surface area contributed by atoms with E-state index in [9.17, 15) is 0 Å². The maximum absolute atomic E-state index is 5.80. The largest absolute Gasteiger partial charge is 0.379 e. The van der Waals surface area contributed by atoms with Gasteiger partial charge in [-0.15, -0.1) is 0 Å². The lowest BCUT2D eigenvalue weighted by Crippen LogP contribution is -2.41. The highest BCUT2D eigenvalue weighted by atomic mass is 32.1. The van der Waals surface area contributed by atoms with E-state index >= 15 is 0 Å². The molecule has 0 bridgehead atoms. The number of nitrogens with zero attached hydrogens (tertiary/aromatic N) is 1. The van der Waals surface area contributed by atoms with Crippen molar-refractivity contribution in [2.75, 3.05) is 45.2 Å². The van der Waals surface area contributed by atoms with Gasteiger partial charge in [0, 0.05) is 25.4 Å². The first kappa shape index (κ1) is 14.3. The minimum atomic E-state index is 0.443. The van der Waals surface area contributed by atoms with Crippen LogP contribution in [-0.4, -0.2) is 56.2 Å². The van der Waals surface area contributed by atoms with Crippen LogP contribution in [0.15, 0.2) is 0 Å². The van der Waals surface area contributed by atoms with Crippen LogP contribution in [-0.2, 0) is 9.47 Å². The number of likely N-dealkylation sites (tertiary alicyclic amines) is 1. The van der Waals surface area contributed by atoms with Crippen LogP contribution >= 0.6 is 12.6 Å². The summed E-state index contributed by atoms with van der Waals surface area (Å²) in [5.41, 5.74) is 0. The third-order valence-corrected chi connectivity index (χ3v) is 2.99. The van der Waals surface area contributed by atoms with Gasteiger partial charge in [-0.1, -0.05) is 6.92 Å². The van der Waals surface area contributed by atoms with Gasteiger partial charge in [0.2, 0.25) is 0 Å². The predicted molar refractivity (Wildman–Crippen MR) is 70.4 cm³/mol. The molecule has 0 spiro atoms. The van der Waals surface area contributed by atoms with Crippen molar-refractivity contribution < 1.29 is 9.47 Å². The Labute approximate surface area is 105 Å². The van der Waals surface area contributed by atoms with Crippen LogP contribution in [0.25, 0.3) is 0 Å². The Kier molecular flexibility index (Phi) is 8.29. The Balaban J connectivity index is 2.07. The molecule has 1 rings (SSSR count). The van der Waals surface area contributed by atoms with Gasteiger partial charge in [0.15, 0.2) is 0 Å². The summed E-state index contributed by atoms with van der Waals surface area (Å²) >= 11 is 4.11. The second-order valence-electron chi connectivity index (χ2n) is 4.27. The van der Waals surface area contributed by atoms with Crippen LogP contribution in [0.1, 0.15) is 26.2 Å². The number of piperidine rings is 1. The van der Waals surface area contributed by atoms with Gasteiger partial charge in [0.25, 0.3) is 0 Å². The van der Waals surface area contributed by atoms with Crippen molar-refractivity contribution in [3.8, 4) is 0 Å². The quantitative estimate of drug-likeness (QED) is 0.522. The van der Waals surface area contributed by atoms with Gasteiger partial charge < -0.3 is 9.47 Å². The normalized spacial score (nSPS) is 22.5. The van der Waals surface area contributed by atoms with Gasteiger partial charge in [-0.25, -0.2) is 0 Å². The Hall–Kier alpha value is 0.230. The van der Waals surface area contributed by atoms with Gasteiger partial charge in [-0.3, -0.25) is 4.90 Å². The number of rotatable bonds is 8. The molecule has 1 aliphatic heterocycles. The van der Waals surface area contributed by atoms with Crippen LogP contribution in [0.5, 0.6) is 0 Å². The van der Waals surface area contributed by atoms with E-state index in [1.54, 1.807) is 0 Å². The number of thiol groups is 1. The monoisotopic (exact) mass is 247 g/mol. The molecule has 4 heteroatoms. The molecule has 16 heavy (non-hydrogen) atoms. The summed E-state index contributed by atoms with van der Waals surface area (Å²) < 4.78 is 11.2. The molecule has 0 amide bonds. The van der Waals surface area contributed by atoms with Crippen LogP contribution in [0.2, 0.25) is 0 Å². The third kappa shape index (κ3) is 6.09. The lowest BCUT2D eigenvalue weighted by atomic mass is 10.1. The Morgan fingerprint density at radius 2 is 2.19 bits per heavy atom. The average Bonchev–Trinajstić information content (AvgIpc) is 2.33. The van der Waals surface area contributed by atoms with Crippen molar-refractivity contribution in [1.29, 1.82) is 0 Å². The summed E-state index contributed by atoms with van der Waals surface area (Å²) in [4.78, 5) is 2.45.